The lowest BCUT2D eigenvalue weighted by atomic mass is 9.85. The highest BCUT2D eigenvalue weighted by Gasteiger charge is 2.43. The highest BCUT2D eigenvalue weighted by atomic mass is 19.2. The maximum atomic E-state index is 14.6. The molecule has 18 nitrogen and oxygen atoms in total. The second kappa shape index (κ2) is 20.0. The lowest BCUT2D eigenvalue weighted by Gasteiger charge is -2.23. The van der Waals surface area contributed by atoms with E-state index in [1.807, 2.05) is 82.0 Å². The van der Waals surface area contributed by atoms with E-state index in [4.69, 9.17) is 13.3 Å². The second-order valence-electron chi connectivity index (χ2n) is 21.9. The van der Waals surface area contributed by atoms with Gasteiger partial charge in [-0.15, -0.1) is 30.6 Å². The molecule has 12 aromatic heterocycles. The molecule has 0 bridgehead atoms. The van der Waals surface area contributed by atoms with Gasteiger partial charge in [-0.25, -0.2) is 26.3 Å². The number of nitrogens with zero attached hydrogens (tertiary/aromatic N) is 15. The Morgan fingerprint density at radius 2 is 0.872 bits per heavy atom. The molecule has 2 aliphatic carbocycles. The summed E-state index contributed by atoms with van der Waals surface area (Å²) in [5.41, 5.74) is 8.37. The van der Waals surface area contributed by atoms with Crippen molar-refractivity contribution in [1.29, 1.82) is 0 Å². The fourth-order valence-corrected chi connectivity index (χ4v) is 11.1. The number of fused-ring (bicyclic) bond motifs is 6. The van der Waals surface area contributed by atoms with Gasteiger partial charge in [0, 0.05) is 106 Å². The SMILES string of the molecule is CC(C)c1nnc2ccc(-c3c(-c4ccc(F)cc4F)nc4occn34)cn12.CC1(c2nnc3ccc(-c4c(-c5ccc(F)cc5F)nc5occn45)cn23)CC1.Fc1ccc(-c2nc3occn3c2-c2ccc3nnc(C4CCC4)n3c2)c(F)c1. The molecule has 86 heavy (non-hydrogen) atoms. The predicted molar refractivity (Wildman–Crippen MR) is 302 cm³/mol. The van der Waals surface area contributed by atoms with Crippen LogP contribution in [-0.4, -0.2) is 71.9 Å². The first kappa shape index (κ1) is 52.2. The molecule has 0 spiro atoms. The van der Waals surface area contributed by atoms with Gasteiger partial charge in [0.15, 0.2) is 16.9 Å². The summed E-state index contributed by atoms with van der Waals surface area (Å²) < 4.78 is 111. The minimum absolute atomic E-state index is 0.0340. The Morgan fingerprint density at radius 3 is 1.29 bits per heavy atom. The van der Waals surface area contributed by atoms with Crippen LogP contribution in [0.1, 0.15) is 82.2 Å². The zero-order chi connectivity index (χ0) is 58.7. The molecular weight excluding hydrogens is 1120 g/mol. The first-order valence-corrected chi connectivity index (χ1v) is 27.5. The first-order valence-electron chi connectivity index (χ1n) is 27.5. The number of rotatable bonds is 9. The largest absolute Gasteiger partial charge is 0.432 e. The fourth-order valence-electron chi connectivity index (χ4n) is 11.1. The van der Waals surface area contributed by atoms with Gasteiger partial charge < -0.3 is 13.3 Å². The van der Waals surface area contributed by atoms with Crippen LogP contribution in [0.25, 0.3) is 102 Å². The van der Waals surface area contributed by atoms with Gasteiger partial charge in [0.2, 0.25) is 0 Å². The minimum Gasteiger partial charge on any atom is -0.432 e. The Labute approximate surface area is 481 Å². The number of hydrogen-bond acceptors (Lipinski definition) is 12. The van der Waals surface area contributed by atoms with Crippen LogP contribution in [0.4, 0.5) is 26.3 Å². The van der Waals surface area contributed by atoms with Gasteiger partial charge >= 0.3 is 17.5 Å². The minimum atomic E-state index is -0.685. The van der Waals surface area contributed by atoms with Crippen molar-refractivity contribution in [3.05, 3.63) is 199 Å². The highest BCUT2D eigenvalue weighted by molar-refractivity contribution is 5.84. The van der Waals surface area contributed by atoms with Crippen molar-refractivity contribution >= 4 is 34.5 Å². The average Bonchev–Trinajstić information content (AvgIpc) is 3.25. The Bertz CT molecular complexity index is 5130. The van der Waals surface area contributed by atoms with Crippen LogP contribution in [0, 0.1) is 34.9 Å². The van der Waals surface area contributed by atoms with Gasteiger partial charge in [0.05, 0.1) is 17.1 Å². The quantitative estimate of drug-likeness (QED) is 0.125. The van der Waals surface area contributed by atoms with Crippen LogP contribution in [0.2, 0.25) is 0 Å². The van der Waals surface area contributed by atoms with Crippen LogP contribution in [0.15, 0.2) is 160 Å². The molecule has 0 atom stereocenters. The molecule has 17 rings (SSSR count). The van der Waals surface area contributed by atoms with Crippen LogP contribution in [0.3, 0.4) is 0 Å². The third-order valence-electron chi connectivity index (χ3n) is 16.0. The summed E-state index contributed by atoms with van der Waals surface area (Å²) in [7, 11) is 0. The van der Waals surface area contributed by atoms with Crippen molar-refractivity contribution in [2.75, 3.05) is 0 Å². The predicted octanol–water partition coefficient (Wildman–Crippen LogP) is 14.2. The van der Waals surface area contributed by atoms with Crippen molar-refractivity contribution in [3.63, 3.8) is 0 Å². The summed E-state index contributed by atoms with van der Waals surface area (Å²) in [6.07, 6.45) is 21.1. The molecule has 2 fully saturated rings. The third-order valence-corrected chi connectivity index (χ3v) is 16.0. The molecule has 0 aliphatic heterocycles. The van der Waals surface area contributed by atoms with Crippen LogP contribution in [0.5, 0.6) is 0 Å². The van der Waals surface area contributed by atoms with Gasteiger partial charge in [0.1, 0.15) is 88.2 Å². The van der Waals surface area contributed by atoms with E-state index < -0.39 is 34.9 Å². The van der Waals surface area contributed by atoms with Gasteiger partial charge in [0.25, 0.3) is 0 Å². The number of hydrogen-bond donors (Lipinski definition) is 0. The molecule has 24 heteroatoms. The molecule has 2 saturated carbocycles. The summed E-state index contributed by atoms with van der Waals surface area (Å²) in [5.74, 6) is 0.305. The summed E-state index contributed by atoms with van der Waals surface area (Å²) in [6.45, 7) is 6.24. The number of benzene rings is 3. The first-order chi connectivity index (χ1) is 41.7. The van der Waals surface area contributed by atoms with E-state index in [0.29, 0.717) is 57.6 Å². The van der Waals surface area contributed by atoms with Crippen molar-refractivity contribution in [1.82, 2.24) is 71.9 Å². The summed E-state index contributed by atoms with van der Waals surface area (Å²) in [6, 6.07) is 21.7. The molecule has 0 N–H and O–H groups in total. The van der Waals surface area contributed by atoms with Crippen LogP contribution in [-0.2, 0) is 5.41 Å². The normalized spacial score (nSPS) is 14.0. The molecule has 3 aromatic carbocycles. The van der Waals surface area contributed by atoms with Crippen molar-refractivity contribution in [2.24, 2.45) is 0 Å². The molecule has 0 radical (unpaired) electrons. The Balaban J connectivity index is 0.000000109. The van der Waals surface area contributed by atoms with E-state index in [2.05, 4.69) is 52.5 Å². The number of imidazole rings is 3. The van der Waals surface area contributed by atoms with E-state index in [1.54, 1.807) is 31.8 Å². The molecule has 428 valence electrons. The topological polar surface area (TPSA) is 182 Å². The number of pyridine rings is 3. The van der Waals surface area contributed by atoms with E-state index >= 15 is 0 Å². The number of oxazole rings is 3. The zero-order valence-corrected chi connectivity index (χ0v) is 45.7. The Kier molecular flexibility index (Phi) is 12.1. The second-order valence-corrected chi connectivity index (χ2v) is 21.9. The van der Waals surface area contributed by atoms with Crippen molar-refractivity contribution < 1.29 is 39.6 Å². The van der Waals surface area contributed by atoms with Crippen molar-refractivity contribution in [2.45, 2.75) is 70.1 Å². The summed E-state index contributed by atoms with van der Waals surface area (Å²) >= 11 is 0. The van der Waals surface area contributed by atoms with Gasteiger partial charge in [-0.3, -0.25) is 26.4 Å². The van der Waals surface area contributed by atoms with E-state index in [0.717, 1.165) is 95.0 Å². The van der Waals surface area contributed by atoms with Crippen molar-refractivity contribution in [3.8, 4) is 67.5 Å². The van der Waals surface area contributed by atoms with Crippen LogP contribution < -0.4 is 0 Å². The smallest absolute Gasteiger partial charge is 0.306 e. The average molecular weight is 1160 g/mol. The lowest BCUT2D eigenvalue weighted by molar-refractivity contribution is 0.399. The molecule has 12 heterocycles. The van der Waals surface area contributed by atoms with E-state index in [9.17, 15) is 26.3 Å². The maximum Gasteiger partial charge on any atom is 0.306 e. The zero-order valence-electron chi connectivity index (χ0n) is 45.7. The fraction of sp³-hybridized carbons (Fsp3) is 0.177. The number of aromatic nitrogens is 15. The third kappa shape index (κ3) is 8.76. The molecular formula is C62H45F6N15O3. The maximum absolute atomic E-state index is 14.6. The van der Waals surface area contributed by atoms with Gasteiger partial charge in [-0.05, 0) is 98.5 Å². The standard InChI is InChI=1S/2C21H15F2N5O.C20H15F2N5O/c1-21(6-7-21)19-26-25-16-5-2-12(11-28(16)19)18-17(24-20-27(18)8-9-29-20)14-4-3-13(22)10-15(14)23;22-14-5-6-15(16(23)10-14)18-19(27-8-9-29-21(27)24-18)13-4-7-17-25-26-20(28(17)11-13)12-2-1-3-12;1-11(2)19-25-24-16-6-3-12(10-27(16)19)18-17(23-20-26(18)7-8-28-20)14-5-4-13(21)9-15(14)22/h2-5,8-11H,6-7H2,1H3;4-12H,1-3H2;3-11H,1-2H3. The lowest BCUT2D eigenvalue weighted by Crippen LogP contribution is -2.12. The Morgan fingerprint density at radius 1 is 0.465 bits per heavy atom. The molecule has 0 unspecified atom stereocenters. The van der Waals surface area contributed by atoms with Crippen LogP contribution >= 0.6 is 0 Å². The molecule has 2 aliphatic rings. The molecule has 15 aromatic rings. The Hall–Kier alpha value is -10.7. The molecule has 0 amide bonds. The van der Waals surface area contributed by atoms with E-state index in [1.165, 1.54) is 61.6 Å². The summed E-state index contributed by atoms with van der Waals surface area (Å²) in [5, 5.41) is 25.7. The van der Waals surface area contributed by atoms with Gasteiger partial charge in [-0.1, -0.05) is 27.2 Å². The molecule has 0 saturated heterocycles. The van der Waals surface area contributed by atoms with E-state index in [-0.39, 0.29) is 28.0 Å². The highest BCUT2D eigenvalue weighted by Crippen LogP contribution is 2.47. The number of halogens is 6. The summed E-state index contributed by atoms with van der Waals surface area (Å²) in [4.78, 5) is 13.3. The monoisotopic (exact) mass is 1160 g/mol. The van der Waals surface area contributed by atoms with Gasteiger partial charge in [-0.2, -0.15) is 15.0 Å².